The van der Waals surface area contributed by atoms with Gasteiger partial charge in [0.05, 0.1) is 5.39 Å². The SMILES string of the molecule is Cc1cccc2oc3cccc(O)c3c12. The van der Waals surface area contributed by atoms with Crippen LogP contribution in [-0.2, 0) is 0 Å². The maximum absolute atomic E-state index is 9.82. The Hall–Kier alpha value is -1.96. The second-order valence-corrected chi connectivity index (χ2v) is 3.70. The molecule has 0 atom stereocenters. The summed E-state index contributed by atoms with van der Waals surface area (Å²) in [6, 6.07) is 11.2. The molecule has 74 valence electrons. The molecule has 2 heteroatoms. The smallest absolute Gasteiger partial charge is 0.139 e. The molecule has 0 unspecified atom stereocenters. The average Bonchev–Trinajstić information content (AvgIpc) is 2.58. The molecule has 0 aliphatic carbocycles. The Kier molecular flexibility index (Phi) is 1.54. The van der Waals surface area contributed by atoms with Crippen molar-refractivity contribution in [3.05, 3.63) is 42.0 Å². The fraction of sp³-hybridized carbons (Fsp3) is 0.0769. The third kappa shape index (κ3) is 1.05. The summed E-state index contributed by atoms with van der Waals surface area (Å²) in [5.41, 5.74) is 2.68. The summed E-state index contributed by atoms with van der Waals surface area (Å²) in [6.07, 6.45) is 0. The van der Waals surface area contributed by atoms with E-state index in [1.807, 2.05) is 31.2 Å². The number of hydrogen-bond donors (Lipinski definition) is 1. The van der Waals surface area contributed by atoms with E-state index in [9.17, 15) is 5.11 Å². The highest BCUT2D eigenvalue weighted by molar-refractivity contribution is 6.09. The van der Waals surface area contributed by atoms with Gasteiger partial charge in [0.15, 0.2) is 0 Å². The molecule has 0 bridgehead atoms. The van der Waals surface area contributed by atoms with Gasteiger partial charge >= 0.3 is 0 Å². The number of aromatic hydroxyl groups is 1. The van der Waals surface area contributed by atoms with E-state index in [1.165, 1.54) is 0 Å². The normalized spacial score (nSPS) is 11.3. The number of phenolic OH excluding ortho intramolecular Hbond substituents is 1. The van der Waals surface area contributed by atoms with Gasteiger partial charge in [-0.1, -0.05) is 18.2 Å². The van der Waals surface area contributed by atoms with Gasteiger partial charge in [0, 0.05) is 5.39 Å². The van der Waals surface area contributed by atoms with Crippen molar-refractivity contribution in [3.8, 4) is 5.75 Å². The first kappa shape index (κ1) is 8.36. The average molecular weight is 198 g/mol. The van der Waals surface area contributed by atoms with Crippen LogP contribution < -0.4 is 0 Å². The summed E-state index contributed by atoms with van der Waals surface area (Å²) in [4.78, 5) is 0. The first-order valence-corrected chi connectivity index (χ1v) is 4.87. The fourth-order valence-electron chi connectivity index (χ4n) is 2.02. The highest BCUT2D eigenvalue weighted by atomic mass is 16.3. The fourth-order valence-corrected chi connectivity index (χ4v) is 2.02. The molecule has 2 aromatic carbocycles. The number of rotatable bonds is 0. The van der Waals surface area contributed by atoms with Crippen LogP contribution in [0.25, 0.3) is 21.9 Å². The van der Waals surface area contributed by atoms with Crippen LogP contribution in [0.4, 0.5) is 0 Å². The van der Waals surface area contributed by atoms with Crippen LogP contribution in [0.5, 0.6) is 5.75 Å². The van der Waals surface area contributed by atoms with Gasteiger partial charge < -0.3 is 9.52 Å². The van der Waals surface area contributed by atoms with Crippen LogP contribution in [0.3, 0.4) is 0 Å². The molecule has 1 aromatic heterocycles. The van der Waals surface area contributed by atoms with Crippen molar-refractivity contribution < 1.29 is 9.52 Å². The number of fused-ring (bicyclic) bond motifs is 3. The largest absolute Gasteiger partial charge is 0.507 e. The molecular weight excluding hydrogens is 188 g/mol. The lowest BCUT2D eigenvalue weighted by molar-refractivity contribution is 0.481. The third-order valence-electron chi connectivity index (χ3n) is 2.71. The molecule has 1 heterocycles. The van der Waals surface area contributed by atoms with E-state index in [1.54, 1.807) is 12.1 Å². The molecule has 0 spiro atoms. The van der Waals surface area contributed by atoms with Crippen molar-refractivity contribution in [1.82, 2.24) is 0 Å². The van der Waals surface area contributed by atoms with Crippen LogP contribution in [0, 0.1) is 6.92 Å². The van der Waals surface area contributed by atoms with E-state index in [2.05, 4.69) is 0 Å². The highest BCUT2D eigenvalue weighted by Crippen LogP contribution is 2.36. The summed E-state index contributed by atoms with van der Waals surface area (Å²) in [5, 5.41) is 11.6. The lowest BCUT2D eigenvalue weighted by Crippen LogP contribution is -1.73. The Labute approximate surface area is 86.7 Å². The standard InChI is InChI=1S/C13H10O2/c1-8-4-2-6-10-12(8)13-9(14)5-3-7-11(13)15-10/h2-7,14H,1H3. The molecule has 0 radical (unpaired) electrons. The second kappa shape index (κ2) is 2.76. The van der Waals surface area contributed by atoms with E-state index in [0.717, 1.165) is 27.5 Å². The molecule has 0 aliphatic heterocycles. The van der Waals surface area contributed by atoms with Crippen molar-refractivity contribution in [2.45, 2.75) is 6.92 Å². The predicted octanol–water partition coefficient (Wildman–Crippen LogP) is 3.60. The van der Waals surface area contributed by atoms with Gasteiger partial charge in [0.25, 0.3) is 0 Å². The van der Waals surface area contributed by atoms with Crippen LogP contribution in [-0.4, -0.2) is 5.11 Å². The van der Waals surface area contributed by atoms with Crippen molar-refractivity contribution in [2.24, 2.45) is 0 Å². The minimum atomic E-state index is 0.278. The number of aryl methyl sites for hydroxylation is 1. The highest BCUT2D eigenvalue weighted by Gasteiger charge is 2.11. The van der Waals surface area contributed by atoms with E-state index in [0.29, 0.717) is 0 Å². The van der Waals surface area contributed by atoms with Gasteiger partial charge in [-0.25, -0.2) is 0 Å². The van der Waals surface area contributed by atoms with Crippen molar-refractivity contribution in [2.75, 3.05) is 0 Å². The van der Waals surface area contributed by atoms with Crippen LogP contribution in [0.2, 0.25) is 0 Å². The minimum Gasteiger partial charge on any atom is -0.507 e. The predicted molar refractivity (Wildman–Crippen MR) is 60.1 cm³/mol. The minimum absolute atomic E-state index is 0.278. The zero-order valence-corrected chi connectivity index (χ0v) is 8.32. The zero-order chi connectivity index (χ0) is 10.4. The van der Waals surface area contributed by atoms with Gasteiger partial charge in [-0.05, 0) is 30.7 Å². The number of furan rings is 1. The maximum atomic E-state index is 9.82. The molecule has 3 aromatic rings. The van der Waals surface area contributed by atoms with Crippen molar-refractivity contribution >= 4 is 21.9 Å². The van der Waals surface area contributed by atoms with Crippen LogP contribution in [0.1, 0.15) is 5.56 Å². The van der Waals surface area contributed by atoms with Crippen molar-refractivity contribution in [1.29, 1.82) is 0 Å². The zero-order valence-electron chi connectivity index (χ0n) is 8.32. The van der Waals surface area contributed by atoms with Gasteiger partial charge in [-0.3, -0.25) is 0 Å². The summed E-state index contributed by atoms with van der Waals surface area (Å²) >= 11 is 0. The first-order chi connectivity index (χ1) is 7.27. The summed E-state index contributed by atoms with van der Waals surface area (Å²) in [5.74, 6) is 0.278. The van der Waals surface area contributed by atoms with Gasteiger partial charge in [-0.15, -0.1) is 0 Å². The third-order valence-corrected chi connectivity index (χ3v) is 2.71. The van der Waals surface area contributed by atoms with Crippen molar-refractivity contribution in [3.63, 3.8) is 0 Å². The monoisotopic (exact) mass is 198 g/mol. The number of benzene rings is 2. The molecule has 0 fully saturated rings. The molecule has 15 heavy (non-hydrogen) atoms. The van der Waals surface area contributed by atoms with E-state index in [4.69, 9.17) is 4.42 Å². The lowest BCUT2D eigenvalue weighted by Gasteiger charge is -1.96. The number of phenols is 1. The molecule has 2 nitrogen and oxygen atoms in total. The molecule has 1 N–H and O–H groups in total. The van der Waals surface area contributed by atoms with Gasteiger partial charge in [0.1, 0.15) is 16.9 Å². The van der Waals surface area contributed by atoms with Gasteiger partial charge in [0.2, 0.25) is 0 Å². The Morgan fingerprint density at radius 1 is 0.933 bits per heavy atom. The first-order valence-electron chi connectivity index (χ1n) is 4.87. The van der Waals surface area contributed by atoms with Gasteiger partial charge in [-0.2, -0.15) is 0 Å². The summed E-state index contributed by atoms with van der Waals surface area (Å²) < 4.78 is 5.65. The Morgan fingerprint density at radius 3 is 2.40 bits per heavy atom. The molecule has 0 amide bonds. The Bertz CT molecular complexity index is 594. The lowest BCUT2D eigenvalue weighted by atomic mass is 10.1. The quantitative estimate of drug-likeness (QED) is 0.598. The summed E-state index contributed by atoms with van der Waals surface area (Å²) in [6.45, 7) is 2.02. The second-order valence-electron chi connectivity index (χ2n) is 3.70. The maximum Gasteiger partial charge on any atom is 0.139 e. The van der Waals surface area contributed by atoms with E-state index >= 15 is 0 Å². The topological polar surface area (TPSA) is 33.4 Å². The molecule has 0 saturated carbocycles. The van der Waals surface area contributed by atoms with Crippen LogP contribution >= 0.6 is 0 Å². The van der Waals surface area contributed by atoms with E-state index in [-0.39, 0.29) is 5.75 Å². The number of hydrogen-bond acceptors (Lipinski definition) is 2. The van der Waals surface area contributed by atoms with Crippen LogP contribution in [0.15, 0.2) is 40.8 Å². The molecule has 0 aliphatic rings. The Balaban J connectivity index is 2.67. The Morgan fingerprint density at radius 2 is 1.60 bits per heavy atom. The van der Waals surface area contributed by atoms with E-state index < -0.39 is 0 Å². The molecule has 0 saturated heterocycles. The summed E-state index contributed by atoms with van der Waals surface area (Å²) in [7, 11) is 0. The molecular formula is C13H10O2. The molecule has 3 rings (SSSR count).